The monoisotopic (exact) mass is 230 g/mol. The number of nitrogens with two attached hydrogens (primary N) is 1. The van der Waals surface area contributed by atoms with E-state index in [1.165, 1.54) is 22.2 Å². The highest BCUT2D eigenvalue weighted by Crippen LogP contribution is 2.22. The van der Waals surface area contributed by atoms with Gasteiger partial charge in [-0.25, -0.2) is 8.42 Å². The van der Waals surface area contributed by atoms with Gasteiger partial charge in [-0.2, -0.15) is 9.40 Å². The normalized spacial score (nSPS) is 19.8. The van der Waals surface area contributed by atoms with Gasteiger partial charge in [0.25, 0.3) is 15.9 Å². The van der Waals surface area contributed by atoms with Crippen LogP contribution < -0.4 is 5.73 Å². The van der Waals surface area contributed by atoms with E-state index in [2.05, 4.69) is 5.10 Å². The second-order valence-electron chi connectivity index (χ2n) is 3.28. The van der Waals surface area contributed by atoms with Crippen molar-refractivity contribution in [3.63, 3.8) is 0 Å². The minimum absolute atomic E-state index is 0.0541. The third-order valence-corrected chi connectivity index (χ3v) is 4.26. The number of nitrogens with zero attached hydrogens (tertiary/aromatic N) is 3. The number of fused-ring (bicyclic) bond motifs is 1. The second-order valence-corrected chi connectivity index (χ2v) is 5.24. The molecule has 0 saturated carbocycles. The first-order valence-corrected chi connectivity index (χ1v) is 5.70. The number of carbonyl (C=O) groups is 1. The number of aromatic nitrogens is 2. The average molecular weight is 230 g/mol. The van der Waals surface area contributed by atoms with E-state index in [0.29, 0.717) is 13.1 Å². The fraction of sp³-hybridized carbons (Fsp3) is 0.429. The number of amides is 1. The van der Waals surface area contributed by atoms with Crippen LogP contribution in [0.5, 0.6) is 0 Å². The van der Waals surface area contributed by atoms with E-state index in [9.17, 15) is 13.2 Å². The van der Waals surface area contributed by atoms with Crippen LogP contribution in [0.4, 0.5) is 0 Å². The van der Waals surface area contributed by atoms with Crippen LogP contribution in [-0.4, -0.2) is 42.0 Å². The molecular weight excluding hydrogens is 220 g/mol. The predicted octanol–water partition coefficient (Wildman–Crippen LogP) is -1.38. The zero-order valence-corrected chi connectivity index (χ0v) is 8.86. The SMILES string of the molecule is CN1CCn2ncc(C(N)=O)c2S1(=O)=O. The molecule has 0 aliphatic carbocycles. The molecule has 2 rings (SSSR count). The van der Waals surface area contributed by atoms with Gasteiger partial charge in [-0.1, -0.05) is 0 Å². The summed E-state index contributed by atoms with van der Waals surface area (Å²) in [5.74, 6) is -0.782. The molecular formula is C7H10N4O3S. The Morgan fingerprint density at radius 1 is 1.53 bits per heavy atom. The molecule has 2 N–H and O–H groups in total. The first-order chi connectivity index (χ1) is 6.94. The average Bonchev–Trinajstić information content (AvgIpc) is 2.56. The van der Waals surface area contributed by atoms with Crippen molar-refractivity contribution in [2.75, 3.05) is 13.6 Å². The molecule has 0 atom stereocenters. The summed E-state index contributed by atoms with van der Waals surface area (Å²) in [6.07, 6.45) is 1.19. The van der Waals surface area contributed by atoms with Crippen LogP contribution in [0.2, 0.25) is 0 Å². The number of likely N-dealkylation sites (N-methyl/N-ethyl adjacent to an activating group) is 1. The Hall–Kier alpha value is -1.41. The summed E-state index contributed by atoms with van der Waals surface area (Å²) in [4.78, 5) is 11.0. The maximum atomic E-state index is 11.8. The van der Waals surface area contributed by atoms with Gasteiger partial charge >= 0.3 is 0 Å². The second kappa shape index (κ2) is 3.04. The maximum Gasteiger partial charge on any atom is 0.260 e. The first kappa shape index (κ1) is 10.1. The minimum atomic E-state index is -3.62. The number of hydrogen-bond acceptors (Lipinski definition) is 4. The predicted molar refractivity (Wildman–Crippen MR) is 50.6 cm³/mol. The van der Waals surface area contributed by atoms with Gasteiger partial charge in [0.15, 0.2) is 5.03 Å². The molecule has 1 aliphatic rings. The third kappa shape index (κ3) is 1.33. The molecule has 1 amide bonds. The number of carbonyl (C=O) groups excluding carboxylic acids is 1. The third-order valence-electron chi connectivity index (χ3n) is 2.34. The summed E-state index contributed by atoms with van der Waals surface area (Å²) < 4.78 is 26.2. The van der Waals surface area contributed by atoms with Gasteiger partial charge in [-0.3, -0.25) is 9.48 Å². The minimum Gasteiger partial charge on any atom is -0.365 e. The van der Waals surface area contributed by atoms with Crippen molar-refractivity contribution in [3.8, 4) is 0 Å². The Labute approximate surface area is 86.5 Å². The Kier molecular flexibility index (Phi) is 2.05. The lowest BCUT2D eigenvalue weighted by molar-refractivity contribution is 0.0996. The summed E-state index contributed by atoms with van der Waals surface area (Å²) in [6, 6.07) is 0. The molecule has 0 spiro atoms. The Bertz CT molecular complexity index is 518. The largest absolute Gasteiger partial charge is 0.365 e. The van der Waals surface area contributed by atoms with Gasteiger partial charge in [0.2, 0.25) is 0 Å². The zero-order chi connectivity index (χ0) is 11.2. The molecule has 1 aromatic heterocycles. The molecule has 7 nitrogen and oxygen atoms in total. The van der Waals surface area contributed by atoms with Crippen LogP contribution in [0.3, 0.4) is 0 Å². The van der Waals surface area contributed by atoms with Crippen LogP contribution in [0.15, 0.2) is 11.2 Å². The molecule has 1 aliphatic heterocycles. The molecule has 82 valence electrons. The fourth-order valence-corrected chi connectivity index (χ4v) is 2.93. The molecule has 1 aromatic rings. The first-order valence-electron chi connectivity index (χ1n) is 4.26. The summed E-state index contributed by atoms with van der Waals surface area (Å²) in [7, 11) is -2.17. The lowest BCUT2D eigenvalue weighted by Gasteiger charge is -2.23. The van der Waals surface area contributed by atoms with E-state index in [1.807, 2.05) is 0 Å². The molecule has 2 heterocycles. The molecule has 15 heavy (non-hydrogen) atoms. The topological polar surface area (TPSA) is 98.3 Å². The van der Waals surface area contributed by atoms with E-state index < -0.39 is 15.9 Å². The Balaban J connectivity index is 2.71. The van der Waals surface area contributed by atoms with Gasteiger partial charge in [-0.05, 0) is 0 Å². The lowest BCUT2D eigenvalue weighted by Crippen LogP contribution is -2.38. The van der Waals surface area contributed by atoms with Crippen molar-refractivity contribution in [1.82, 2.24) is 14.1 Å². The molecule has 0 radical (unpaired) electrons. The van der Waals surface area contributed by atoms with Crippen molar-refractivity contribution < 1.29 is 13.2 Å². The summed E-state index contributed by atoms with van der Waals surface area (Å²) >= 11 is 0. The zero-order valence-electron chi connectivity index (χ0n) is 8.04. The summed E-state index contributed by atoms with van der Waals surface area (Å²) in [6.45, 7) is 0.771. The van der Waals surface area contributed by atoms with Crippen molar-refractivity contribution in [2.45, 2.75) is 11.6 Å². The van der Waals surface area contributed by atoms with Crippen molar-refractivity contribution in [1.29, 1.82) is 0 Å². The van der Waals surface area contributed by atoms with E-state index in [4.69, 9.17) is 5.73 Å². The van der Waals surface area contributed by atoms with Gasteiger partial charge in [0.1, 0.15) is 0 Å². The highest BCUT2D eigenvalue weighted by atomic mass is 32.2. The van der Waals surface area contributed by atoms with Crippen LogP contribution in [-0.2, 0) is 16.6 Å². The highest BCUT2D eigenvalue weighted by molar-refractivity contribution is 7.89. The van der Waals surface area contributed by atoms with Crippen molar-refractivity contribution in [2.24, 2.45) is 5.73 Å². The Morgan fingerprint density at radius 3 is 2.80 bits per heavy atom. The van der Waals surface area contributed by atoms with Crippen LogP contribution in [0, 0.1) is 0 Å². The van der Waals surface area contributed by atoms with Crippen molar-refractivity contribution >= 4 is 15.9 Å². The van der Waals surface area contributed by atoms with E-state index in [0.717, 1.165) is 0 Å². The molecule has 0 saturated heterocycles. The lowest BCUT2D eigenvalue weighted by atomic mass is 10.3. The van der Waals surface area contributed by atoms with Gasteiger partial charge in [0.05, 0.1) is 18.3 Å². The van der Waals surface area contributed by atoms with E-state index in [1.54, 1.807) is 0 Å². The molecule has 0 unspecified atom stereocenters. The van der Waals surface area contributed by atoms with Gasteiger partial charge < -0.3 is 5.73 Å². The fourth-order valence-electron chi connectivity index (χ4n) is 1.48. The van der Waals surface area contributed by atoms with E-state index >= 15 is 0 Å². The molecule has 0 aromatic carbocycles. The number of sulfonamides is 1. The summed E-state index contributed by atoms with van der Waals surface area (Å²) in [5, 5.41) is 3.71. The molecule has 0 fully saturated rings. The Morgan fingerprint density at radius 2 is 2.20 bits per heavy atom. The number of rotatable bonds is 1. The summed E-state index contributed by atoms with van der Waals surface area (Å²) in [5.41, 5.74) is 5.02. The van der Waals surface area contributed by atoms with Crippen molar-refractivity contribution in [3.05, 3.63) is 11.8 Å². The van der Waals surface area contributed by atoms with Crippen LogP contribution >= 0.6 is 0 Å². The molecule has 8 heteroatoms. The van der Waals surface area contributed by atoms with Gasteiger partial charge in [-0.15, -0.1) is 0 Å². The molecule has 0 bridgehead atoms. The standard InChI is InChI=1S/C7H10N4O3S/c1-10-2-3-11-7(15(10,13)14)5(4-9-11)6(8)12/h4H,2-3H2,1H3,(H2,8,12). The smallest absolute Gasteiger partial charge is 0.260 e. The van der Waals surface area contributed by atoms with Crippen LogP contribution in [0.25, 0.3) is 0 Å². The maximum absolute atomic E-state index is 11.8. The number of hydrogen-bond donors (Lipinski definition) is 1. The quantitative estimate of drug-likeness (QED) is 0.642. The number of primary amides is 1. The highest BCUT2D eigenvalue weighted by Gasteiger charge is 2.34. The van der Waals surface area contributed by atoms with Gasteiger partial charge in [0, 0.05) is 13.6 Å². The van der Waals surface area contributed by atoms with E-state index in [-0.39, 0.29) is 10.6 Å². The van der Waals surface area contributed by atoms with Crippen LogP contribution in [0.1, 0.15) is 10.4 Å².